The Kier molecular flexibility index (Phi) is 4.24. The number of hydrogen-bond acceptors (Lipinski definition) is 10. The van der Waals surface area contributed by atoms with Crippen molar-refractivity contribution in [2.75, 3.05) is 12.3 Å². The lowest BCUT2D eigenvalue weighted by Gasteiger charge is -2.16. The van der Waals surface area contributed by atoms with Gasteiger partial charge in [0, 0.05) is 0 Å². The summed E-state index contributed by atoms with van der Waals surface area (Å²) in [5.74, 6) is 0.191. The molecule has 1 aliphatic heterocycles. The van der Waals surface area contributed by atoms with Crippen molar-refractivity contribution in [1.29, 1.82) is 0 Å². The monoisotopic (exact) mass is 380 g/mol. The fourth-order valence-corrected chi connectivity index (χ4v) is 3.58. The SMILES string of the molecule is Nc1ncnc2c1ncn2[C@@H]1O[C@H](COC(=O)p2ncc[nH+]2)[C@@H](O)[C@H]1O. The average Bonchev–Trinajstić information content (AvgIpc) is 3.35. The number of anilines is 1. The number of nitrogens with two attached hydrogens (primary N) is 1. The zero-order valence-electron chi connectivity index (χ0n) is 13.2. The molecule has 0 aromatic carbocycles. The molecule has 5 N–H and O–H groups in total. The van der Waals surface area contributed by atoms with Crippen LogP contribution in [0.25, 0.3) is 11.2 Å². The molecule has 0 spiro atoms. The van der Waals surface area contributed by atoms with Crippen molar-refractivity contribution in [2.24, 2.45) is 0 Å². The molecule has 0 amide bonds. The van der Waals surface area contributed by atoms with E-state index in [1.54, 1.807) is 6.20 Å². The number of aromatic nitrogens is 6. The number of ether oxygens (including phenoxy) is 2. The van der Waals surface area contributed by atoms with Crippen LogP contribution in [0, 0.1) is 0 Å². The van der Waals surface area contributed by atoms with Gasteiger partial charge in [-0.3, -0.25) is 4.57 Å². The van der Waals surface area contributed by atoms with Gasteiger partial charge in [-0.05, 0) is 4.75 Å². The van der Waals surface area contributed by atoms with E-state index >= 15 is 0 Å². The van der Waals surface area contributed by atoms with Crippen molar-refractivity contribution < 1.29 is 29.2 Å². The lowest BCUT2D eigenvalue weighted by atomic mass is 10.1. The summed E-state index contributed by atoms with van der Waals surface area (Å²) >= 11 is 0. The lowest BCUT2D eigenvalue weighted by molar-refractivity contribution is -0.290. The Morgan fingerprint density at radius 1 is 1.38 bits per heavy atom. The molecular weight excluding hydrogens is 365 g/mol. The third-order valence-corrected chi connectivity index (χ3v) is 5.23. The van der Waals surface area contributed by atoms with E-state index in [9.17, 15) is 15.0 Å². The molecule has 1 fully saturated rings. The maximum absolute atomic E-state index is 11.9. The first-order chi connectivity index (χ1) is 12.6. The van der Waals surface area contributed by atoms with E-state index < -0.39 is 38.1 Å². The fourth-order valence-electron chi connectivity index (χ4n) is 2.70. The standard InChI is InChI=1S/C13H14N7O5P/c14-10-7-11(16-4-15-10)20(5-17-7)12-9(22)8(21)6(25-12)3-24-13(23)26-18-1-2-19-26/h1-2,4-6,8-9,12,21-22H,3H2,(H2,14,15,16)/p+1/t6-,8-,9-,12-/m1/s1. The normalized spacial score (nSPS) is 26.3. The summed E-state index contributed by atoms with van der Waals surface area (Å²) in [7, 11) is -1.47. The van der Waals surface area contributed by atoms with Crippen molar-refractivity contribution >= 4 is 30.5 Å². The molecule has 0 bridgehead atoms. The van der Waals surface area contributed by atoms with E-state index in [4.69, 9.17) is 15.2 Å². The third-order valence-electron chi connectivity index (χ3n) is 4.00. The van der Waals surface area contributed by atoms with Gasteiger partial charge in [-0.1, -0.05) is 0 Å². The molecule has 26 heavy (non-hydrogen) atoms. The highest BCUT2D eigenvalue weighted by Gasteiger charge is 2.45. The van der Waals surface area contributed by atoms with Crippen molar-refractivity contribution in [2.45, 2.75) is 24.5 Å². The van der Waals surface area contributed by atoms with Crippen molar-refractivity contribution in [1.82, 2.24) is 24.3 Å². The number of carbonyl (C=O) groups excluding carboxylic acids is 1. The van der Waals surface area contributed by atoms with E-state index in [-0.39, 0.29) is 12.4 Å². The first-order valence-corrected chi connectivity index (χ1v) is 8.89. The number of carbonyl (C=O) groups is 1. The molecule has 0 aliphatic carbocycles. The largest absolute Gasteiger partial charge is 0.451 e. The Bertz CT molecular complexity index is 932. The molecule has 5 atom stereocenters. The summed E-state index contributed by atoms with van der Waals surface area (Å²) in [4.78, 5) is 23.9. The molecule has 0 saturated carbocycles. The zero-order chi connectivity index (χ0) is 18.3. The second-order valence-electron chi connectivity index (χ2n) is 5.58. The highest BCUT2D eigenvalue weighted by molar-refractivity contribution is 7.57. The van der Waals surface area contributed by atoms with Gasteiger partial charge in [0.2, 0.25) is 0 Å². The summed E-state index contributed by atoms with van der Waals surface area (Å²) in [6.45, 7) is -0.229. The van der Waals surface area contributed by atoms with E-state index in [2.05, 4.69) is 24.4 Å². The third kappa shape index (κ3) is 2.78. The highest BCUT2D eigenvalue weighted by Crippen LogP contribution is 2.32. The minimum absolute atomic E-state index is 0.191. The maximum atomic E-state index is 11.9. The molecule has 4 rings (SSSR count). The van der Waals surface area contributed by atoms with E-state index in [1.807, 2.05) is 0 Å². The number of nitrogens with zero attached hydrogens (tertiary/aromatic N) is 5. The summed E-state index contributed by atoms with van der Waals surface area (Å²) in [6.07, 6.45) is 1.27. The maximum Gasteiger partial charge on any atom is 0.435 e. The van der Waals surface area contributed by atoms with Crippen molar-refractivity contribution in [3.8, 4) is 0 Å². The molecule has 3 aromatic rings. The Morgan fingerprint density at radius 2 is 2.23 bits per heavy atom. The van der Waals surface area contributed by atoms with Crippen LogP contribution in [0.2, 0.25) is 0 Å². The minimum atomic E-state index is -1.47. The number of nitrogens with one attached hydrogen (secondary N) is 1. The molecule has 1 aliphatic rings. The Labute approximate surface area is 146 Å². The predicted molar refractivity (Wildman–Crippen MR) is 85.9 cm³/mol. The lowest BCUT2D eigenvalue weighted by Crippen LogP contribution is -2.34. The fraction of sp³-hybridized carbons (Fsp3) is 0.385. The van der Waals surface area contributed by atoms with Crippen LogP contribution in [0.3, 0.4) is 0 Å². The van der Waals surface area contributed by atoms with Gasteiger partial charge >= 0.3 is 13.6 Å². The van der Waals surface area contributed by atoms with Crippen LogP contribution in [0.4, 0.5) is 10.6 Å². The number of aromatic amines is 1. The summed E-state index contributed by atoms with van der Waals surface area (Å²) in [5, 5.41) is 20.6. The Morgan fingerprint density at radius 3 is 3.00 bits per heavy atom. The number of nitrogen functional groups attached to an aromatic ring is 1. The van der Waals surface area contributed by atoms with Gasteiger partial charge < -0.3 is 25.4 Å². The highest BCUT2D eigenvalue weighted by atomic mass is 31.1. The first kappa shape index (κ1) is 16.8. The van der Waals surface area contributed by atoms with Crippen LogP contribution in [0.15, 0.2) is 25.0 Å². The number of H-pyrrole nitrogens is 1. The summed E-state index contributed by atoms with van der Waals surface area (Å²) in [5.41, 5.74) is 5.91. The van der Waals surface area contributed by atoms with Crippen LogP contribution in [0.5, 0.6) is 0 Å². The van der Waals surface area contributed by atoms with Crippen molar-refractivity contribution in [3.05, 3.63) is 25.0 Å². The van der Waals surface area contributed by atoms with Gasteiger partial charge in [-0.2, -0.15) is 0 Å². The minimum Gasteiger partial charge on any atom is -0.451 e. The topological polar surface area (TPSA) is 173 Å². The van der Waals surface area contributed by atoms with Gasteiger partial charge in [0.1, 0.15) is 43.0 Å². The Hall–Kier alpha value is -2.66. The predicted octanol–water partition coefficient (Wildman–Crippen LogP) is -1.09. The second kappa shape index (κ2) is 6.57. The quantitative estimate of drug-likeness (QED) is 0.504. The van der Waals surface area contributed by atoms with Gasteiger partial charge in [-0.15, -0.1) is 0 Å². The molecule has 1 unspecified atom stereocenters. The second-order valence-corrected chi connectivity index (χ2v) is 7.06. The number of aliphatic hydroxyl groups excluding tert-OH is 2. The zero-order valence-corrected chi connectivity index (χ0v) is 14.1. The molecule has 13 heteroatoms. The molecule has 4 heterocycles. The van der Waals surface area contributed by atoms with Crippen molar-refractivity contribution in [3.63, 3.8) is 0 Å². The molecule has 3 aromatic heterocycles. The molecule has 0 radical (unpaired) electrons. The number of aliphatic hydroxyl groups is 2. The van der Waals surface area contributed by atoms with Gasteiger partial charge in [0.25, 0.3) is 0 Å². The van der Waals surface area contributed by atoms with Crippen LogP contribution in [-0.4, -0.2) is 65.1 Å². The van der Waals surface area contributed by atoms with E-state index in [0.29, 0.717) is 11.2 Å². The van der Waals surface area contributed by atoms with Crippen LogP contribution >= 0.6 is 7.85 Å². The number of fused-ring (bicyclic) bond motifs is 1. The number of hydrogen-bond donors (Lipinski definition) is 3. The number of rotatable bonds is 4. The molecule has 1 saturated heterocycles. The first-order valence-electron chi connectivity index (χ1n) is 7.59. The van der Waals surface area contributed by atoms with Gasteiger partial charge in [0.05, 0.1) is 6.33 Å². The van der Waals surface area contributed by atoms with E-state index in [1.165, 1.54) is 23.4 Å². The van der Waals surface area contributed by atoms with Crippen LogP contribution in [-0.2, 0) is 9.47 Å². The van der Waals surface area contributed by atoms with Crippen LogP contribution < -0.4 is 10.5 Å². The van der Waals surface area contributed by atoms with E-state index in [0.717, 1.165) is 0 Å². The smallest absolute Gasteiger partial charge is 0.435 e. The van der Waals surface area contributed by atoms with Gasteiger partial charge in [-0.25, -0.2) is 24.5 Å². The number of imidazole rings is 1. The van der Waals surface area contributed by atoms with Crippen LogP contribution in [0.1, 0.15) is 6.23 Å². The summed E-state index contributed by atoms with van der Waals surface area (Å²) in [6, 6.07) is 0. The average molecular weight is 380 g/mol. The Balaban J connectivity index is 1.50. The molecule has 12 nitrogen and oxygen atoms in total. The summed E-state index contributed by atoms with van der Waals surface area (Å²) < 4.78 is 18.9. The molecular formula is C13H15N7O5P+. The molecule has 136 valence electrons. The van der Waals surface area contributed by atoms with Gasteiger partial charge in [0.15, 0.2) is 23.9 Å².